The molecule has 15 heavy (non-hydrogen) atoms. The third kappa shape index (κ3) is 2.41. The molecule has 2 heterocycles. The highest BCUT2D eigenvalue weighted by molar-refractivity contribution is 9.10. The number of aliphatic hydroxyl groups excluding tert-OH is 1. The summed E-state index contributed by atoms with van der Waals surface area (Å²) in [4.78, 5) is 8.47. The topological polar surface area (TPSA) is 50.9 Å². The van der Waals surface area contributed by atoms with Crippen molar-refractivity contribution >= 4 is 39.0 Å². The van der Waals surface area contributed by atoms with Gasteiger partial charge < -0.3 is 9.67 Å². The van der Waals surface area contributed by atoms with Crippen molar-refractivity contribution in [3.63, 3.8) is 0 Å². The molecule has 0 bridgehead atoms. The minimum atomic E-state index is 0.00558. The molecule has 2 aromatic heterocycles. The van der Waals surface area contributed by atoms with Crippen LogP contribution in [0.25, 0.3) is 0 Å². The second-order valence-corrected chi connectivity index (χ2v) is 5.67. The fourth-order valence-corrected chi connectivity index (χ4v) is 3.35. The monoisotopic (exact) mass is 305 g/mol. The largest absolute Gasteiger partial charge is 0.390 e. The molecule has 0 aromatic carbocycles. The second kappa shape index (κ2) is 4.65. The molecule has 0 saturated carbocycles. The fourth-order valence-electron chi connectivity index (χ4n) is 1.03. The smallest absolute Gasteiger partial charge is 0.175 e. The Morgan fingerprint density at radius 1 is 1.67 bits per heavy atom. The summed E-state index contributed by atoms with van der Waals surface area (Å²) in [7, 11) is 1.88. The van der Waals surface area contributed by atoms with Crippen molar-refractivity contribution in [1.82, 2.24) is 14.5 Å². The number of hydrogen-bond acceptors (Lipinski definition) is 5. The molecule has 2 aromatic rings. The third-order valence-corrected chi connectivity index (χ3v) is 4.55. The summed E-state index contributed by atoms with van der Waals surface area (Å²) in [6.07, 6.45) is 1.67. The molecule has 80 valence electrons. The number of aliphatic hydroxyl groups is 1. The van der Waals surface area contributed by atoms with Gasteiger partial charge in [-0.05, 0) is 27.7 Å². The first-order chi connectivity index (χ1) is 7.20. The molecule has 0 unspecified atom stereocenters. The lowest BCUT2D eigenvalue weighted by molar-refractivity contribution is 0.271. The van der Waals surface area contributed by atoms with Gasteiger partial charge in [0.15, 0.2) is 9.50 Å². The minimum absolute atomic E-state index is 0.00558. The van der Waals surface area contributed by atoms with Crippen LogP contribution in [0.15, 0.2) is 25.7 Å². The van der Waals surface area contributed by atoms with Crippen molar-refractivity contribution in [1.29, 1.82) is 0 Å². The van der Waals surface area contributed by atoms with E-state index < -0.39 is 0 Å². The Labute approximate surface area is 104 Å². The van der Waals surface area contributed by atoms with E-state index in [0.29, 0.717) is 0 Å². The van der Waals surface area contributed by atoms with Gasteiger partial charge in [-0.2, -0.15) is 0 Å². The van der Waals surface area contributed by atoms with Crippen LogP contribution >= 0.6 is 39.0 Å². The normalized spacial score (nSPS) is 10.9. The van der Waals surface area contributed by atoms with E-state index in [1.54, 1.807) is 17.5 Å². The van der Waals surface area contributed by atoms with E-state index in [1.807, 2.05) is 17.0 Å². The summed E-state index contributed by atoms with van der Waals surface area (Å²) in [6.45, 7) is 0.00558. The number of thiazole rings is 1. The van der Waals surface area contributed by atoms with E-state index in [4.69, 9.17) is 5.11 Å². The Morgan fingerprint density at radius 3 is 3.00 bits per heavy atom. The fraction of sp³-hybridized carbons (Fsp3) is 0.250. The van der Waals surface area contributed by atoms with Crippen molar-refractivity contribution in [2.45, 2.75) is 16.1 Å². The SMILES string of the molecule is Cn1c(CO)cnc1Sc1nc(Br)cs1. The maximum atomic E-state index is 9.01. The van der Waals surface area contributed by atoms with E-state index in [1.165, 1.54) is 11.8 Å². The molecule has 2 rings (SSSR count). The standard InChI is InChI=1S/C8H8BrN3OS2/c1-12-5(3-13)2-10-7(12)15-8-11-6(9)4-14-8/h2,4,13H,3H2,1H3. The van der Waals surface area contributed by atoms with Gasteiger partial charge in [0.2, 0.25) is 0 Å². The molecule has 1 N–H and O–H groups in total. The van der Waals surface area contributed by atoms with Crippen LogP contribution in [-0.2, 0) is 13.7 Å². The van der Waals surface area contributed by atoms with Crippen LogP contribution in [0.4, 0.5) is 0 Å². The Morgan fingerprint density at radius 2 is 2.47 bits per heavy atom. The molecular weight excluding hydrogens is 298 g/mol. The van der Waals surface area contributed by atoms with E-state index in [9.17, 15) is 0 Å². The van der Waals surface area contributed by atoms with Crippen molar-refractivity contribution in [2.75, 3.05) is 0 Å². The number of hydrogen-bond donors (Lipinski definition) is 1. The molecule has 0 aliphatic carbocycles. The molecule has 0 spiro atoms. The highest BCUT2D eigenvalue weighted by Crippen LogP contribution is 2.30. The number of imidazole rings is 1. The Hall–Kier alpha value is -0.370. The molecule has 0 radical (unpaired) electrons. The molecule has 0 amide bonds. The number of nitrogens with zero attached hydrogens (tertiary/aromatic N) is 3. The zero-order chi connectivity index (χ0) is 10.8. The molecule has 0 aliphatic rings. The summed E-state index contributed by atoms with van der Waals surface area (Å²) >= 11 is 6.35. The average Bonchev–Trinajstić information content (AvgIpc) is 2.76. The number of aromatic nitrogens is 3. The Bertz CT molecular complexity index is 468. The van der Waals surface area contributed by atoms with Crippen molar-refractivity contribution in [2.24, 2.45) is 7.05 Å². The van der Waals surface area contributed by atoms with Gasteiger partial charge in [0.05, 0.1) is 18.5 Å². The lowest BCUT2D eigenvalue weighted by atomic mass is 10.5. The van der Waals surface area contributed by atoms with Gasteiger partial charge in [0.25, 0.3) is 0 Å². The quantitative estimate of drug-likeness (QED) is 0.945. The summed E-state index contributed by atoms with van der Waals surface area (Å²) in [5.41, 5.74) is 0.799. The number of rotatable bonds is 3. The zero-order valence-corrected chi connectivity index (χ0v) is 11.1. The summed E-state index contributed by atoms with van der Waals surface area (Å²) < 4.78 is 3.63. The van der Waals surface area contributed by atoms with Crippen molar-refractivity contribution in [3.8, 4) is 0 Å². The first-order valence-electron chi connectivity index (χ1n) is 4.11. The minimum Gasteiger partial charge on any atom is -0.390 e. The lowest BCUT2D eigenvalue weighted by Gasteiger charge is -2.00. The van der Waals surface area contributed by atoms with Gasteiger partial charge in [-0.25, -0.2) is 9.97 Å². The highest BCUT2D eigenvalue weighted by atomic mass is 79.9. The molecule has 0 aliphatic heterocycles. The maximum Gasteiger partial charge on any atom is 0.175 e. The first kappa shape index (κ1) is 11.1. The molecule has 4 nitrogen and oxygen atoms in total. The molecule has 0 fully saturated rings. The zero-order valence-electron chi connectivity index (χ0n) is 7.85. The lowest BCUT2D eigenvalue weighted by Crippen LogP contribution is -1.96. The van der Waals surface area contributed by atoms with Crippen LogP contribution in [0.5, 0.6) is 0 Å². The van der Waals surface area contributed by atoms with Gasteiger partial charge in [-0.1, -0.05) is 0 Å². The molecule has 7 heteroatoms. The van der Waals surface area contributed by atoms with E-state index >= 15 is 0 Å². The van der Waals surface area contributed by atoms with Crippen LogP contribution in [-0.4, -0.2) is 19.6 Å². The predicted octanol–water partition coefficient (Wildman–Crippen LogP) is 2.28. The van der Waals surface area contributed by atoms with Crippen LogP contribution in [0, 0.1) is 0 Å². The molecule has 0 saturated heterocycles. The van der Waals surface area contributed by atoms with Crippen molar-refractivity contribution < 1.29 is 5.11 Å². The van der Waals surface area contributed by atoms with Crippen LogP contribution < -0.4 is 0 Å². The van der Waals surface area contributed by atoms with Gasteiger partial charge >= 0.3 is 0 Å². The average molecular weight is 306 g/mol. The third-order valence-electron chi connectivity index (χ3n) is 1.84. The predicted molar refractivity (Wildman–Crippen MR) is 63.1 cm³/mol. The van der Waals surface area contributed by atoms with Crippen molar-refractivity contribution in [3.05, 3.63) is 21.9 Å². The van der Waals surface area contributed by atoms with Crippen LogP contribution in [0.3, 0.4) is 0 Å². The van der Waals surface area contributed by atoms with E-state index in [2.05, 4.69) is 25.9 Å². The molecule has 0 atom stereocenters. The summed E-state index contributed by atoms with van der Waals surface area (Å²) in [5, 5.41) is 11.8. The van der Waals surface area contributed by atoms with E-state index in [-0.39, 0.29) is 6.61 Å². The second-order valence-electron chi connectivity index (χ2n) is 2.79. The summed E-state index contributed by atoms with van der Waals surface area (Å²) in [6, 6.07) is 0. The summed E-state index contributed by atoms with van der Waals surface area (Å²) in [5.74, 6) is 0. The van der Waals surface area contributed by atoms with Crippen LogP contribution in [0.2, 0.25) is 0 Å². The van der Waals surface area contributed by atoms with E-state index in [0.717, 1.165) is 19.8 Å². The van der Waals surface area contributed by atoms with Gasteiger partial charge in [0, 0.05) is 12.4 Å². The van der Waals surface area contributed by atoms with Gasteiger partial charge in [0.1, 0.15) is 4.60 Å². The number of halogens is 1. The Kier molecular flexibility index (Phi) is 3.45. The first-order valence-corrected chi connectivity index (χ1v) is 6.60. The Balaban J connectivity index is 2.21. The molecular formula is C8H8BrN3OS2. The van der Waals surface area contributed by atoms with Gasteiger partial charge in [-0.15, -0.1) is 11.3 Å². The van der Waals surface area contributed by atoms with Crippen LogP contribution in [0.1, 0.15) is 5.69 Å². The maximum absolute atomic E-state index is 9.01. The highest BCUT2D eigenvalue weighted by Gasteiger charge is 2.09. The van der Waals surface area contributed by atoms with Gasteiger partial charge in [-0.3, -0.25) is 0 Å².